The highest BCUT2D eigenvalue weighted by atomic mass is 32.1. The van der Waals surface area contributed by atoms with Gasteiger partial charge in [-0.2, -0.15) is 0 Å². The Morgan fingerprint density at radius 1 is 1.28 bits per heavy atom. The first-order valence-electron chi connectivity index (χ1n) is 6.94. The van der Waals surface area contributed by atoms with E-state index in [1.54, 1.807) is 0 Å². The van der Waals surface area contributed by atoms with Crippen molar-refractivity contribution in [3.63, 3.8) is 0 Å². The van der Waals surface area contributed by atoms with Crippen LogP contribution >= 0.6 is 11.3 Å². The number of rotatable bonds is 3. The SMILES string of the molecule is CNC(c1csc2ccccc12)C1CCCC1C. The van der Waals surface area contributed by atoms with Crippen LogP contribution in [0.25, 0.3) is 10.1 Å². The van der Waals surface area contributed by atoms with E-state index in [1.165, 1.54) is 34.9 Å². The van der Waals surface area contributed by atoms with Gasteiger partial charge >= 0.3 is 0 Å². The molecule has 1 aliphatic carbocycles. The fourth-order valence-electron chi connectivity index (χ4n) is 3.51. The molecule has 2 aromatic rings. The van der Waals surface area contributed by atoms with E-state index in [0.717, 1.165) is 11.8 Å². The number of thiophene rings is 1. The van der Waals surface area contributed by atoms with E-state index in [-0.39, 0.29) is 0 Å². The van der Waals surface area contributed by atoms with E-state index in [2.05, 4.69) is 48.9 Å². The van der Waals surface area contributed by atoms with Crippen molar-refractivity contribution in [3.8, 4) is 0 Å². The van der Waals surface area contributed by atoms with Crippen molar-refractivity contribution in [2.45, 2.75) is 32.2 Å². The summed E-state index contributed by atoms with van der Waals surface area (Å²) in [5.41, 5.74) is 1.51. The molecule has 0 spiro atoms. The van der Waals surface area contributed by atoms with Crippen LogP contribution in [0.3, 0.4) is 0 Å². The molecule has 0 radical (unpaired) electrons. The molecule has 1 heterocycles. The molecule has 1 fully saturated rings. The Morgan fingerprint density at radius 2 is 2.11 bits per heavy atom. The first-order valence-corrected chi connectivity index (χ1v) is 7.82. The smallest absolute Gasteiger partial charge is 0.0363 e. The Kier molecular flexibility index (Phi) is 3.40. The fourth-order valence-corrected chi connectivity index (χ4v) is 4.51. The Hall–Kier alpha value is -0.860. The van der Waals surface area contributed by atoms with Gasteiger partial charge in [-0.05, 0) is 47.7 Å². The van der Waals surface area contributed by atoms with Crippen molar-refractivity contribution in [1.82, 2.24) is 5.32 Å². The lowest BCUT2D eigenvalue weighted by Gasteiger charge is -2.26. The van der Waals surface area contributed by atoms with Gasteiger partial charge in [-0.15, -0.1) is 11.3 Å². The molecule has 3 atom stereocenters. The van der Waals surface area contributed by atoms with Crippen molar-refractivity contribution >= 4 is 21.4 Å². The largest absolute Gasteiger partial charge is 0.313 e. The minimum atomic E-state index is 0.527. The second kappa shape index (κ2) is 5.02. The predicted octanol–water partition coefficient (Wildman–Crippen LogP) is 4.60. The molecule has 3 unspecified atom stereocenters. The summed E-state index contributed by atoms with van der Waals surface area (Å²) in [6, 6.07) is 9.32. The van der Waals surface area contributed by atoms with E-state index >= 15 is 0 Å². The second-order valence-corrected chi connectivity index (χ2v) is 6.44. The van der Waals surface area contributed by atoms with Crippen LogP contribution in [0.1, 0.15) is 37.8 Å². The molecule has 1 saturated carbocycles. The van der Waals surface area contributed by atoms with Gasteiger partial charge in [-0.1, -0.05) is 38.0 Å². The third-order valence-corrected chi connectivity index (χ3v) is 5.49. The topological polar surface area (TPSA) is 12.0 Å². The van der Waals surface area contributed by atoms with Crippen LogP contribution in [0.4, 0.5) is 0 Å². The van der Waals surface area contributed by atoms with Crippen LogP contribution in [0.15, 0.2) is 29.6 Å². The standard InChI is InChI=1S/C16H21NS/c1-11-6-5-8-12(11)16(17-2)14-10-18-15-9-4-3-7-13(14)15/h3-4,7,9-12,16-17H,5-6,8H2,1-2H3. The zero-order chi connectivity index (χ0) is 12.5. The van der Waals surface area contributed by atoms with Gasteiger partial charge in [0.1, 0.15) is 0 Å². The minimum Gasteiger partial charge on any atom is -0.313 e. The van der Waals surface area contributed by atoms with Gasteiger partial charge in [0.15, 0.2) is 0 Å². The van der Waals surface area contributed by atoms with E-state index < -0.39 is 0 Å². The van der Waals surface area contributed by atoms with Gasteiger partial charge in [0.25, 0.3) is 0 Å². The van der Waals surface area contributed by atoms with Crippen LogP contribution in [0, 0.1) is 11.8 Å². The molecule has 1 nitrogen and oxygen atoms in total. The third kappa shape index (κ3) is 1.98. The number of nitrogens with one attached hydrogen (secondary N) is 1. The van der Waals surface area contributed by atoms with Crippen LogP contribution < -0.4 is 5.32 Å². The zero-order valence-electron chi connectivity index (χ0n) is 11.1. The normalized spacial score (nSPS) is 25.7. The first-order chi connectivity index (χ1) is 8.81. The van der Waals surface area contributed by atoms with Gasteiger partial charge in [0.05, 0.1) is 0 Å². The molecular formula is C16H21NS. The number of hydrogen-bond acceptors (Lipinski definition) is 2. The molecule has 1 aromatic heterocycles. The summed E-state index contributed by atoms with van der Waals surface area (Å²) in [6.07, 6.45) is 4.16. The molecule has 3 rings (SSSR count). The maximum atomic E-state index is 3.58. The molecule has 1 aromatic carbocycles. The van der Waals surface area contributed by atoms with Crippen molar-refractivity contribution in [2.24, 2.45) is 11.8 Å². The van der Waals surface area contributed by atoms with Crippen molar-refractivity contribution in [1.29, 1.82) is 0 Å². The highest BCUT2D eigenvalue weighted by Crippen LogP contribution is 2.42. The summed E-state index contributed by atoms with van der Waals surface area (Å²) in [6.45, 7) is 2.41. The van der Waals surface area contributed by atoms with Gasteiger partial charge in [0.2, 0.25) is 0 Å². The van der Waals surface area contributed by atoms with Crippen LogP contribution in [-0.4, -0.2) is 7.05 Å². The summed E-state index contributed by atoms with van der Waals surface area (Å²) < 4.78 is 1.42. The van der Waals surface area contributed by atoms with E-state index in [4.69, 9.17) is 0 Å². The summed E-state index contributed by atoms with van der Waals surface area (Å²) in [4.78, 5) is 0. The summed E-state index contributed by atoms with van der Waals surface area (Å²) in [5.74, 6) is 1.65. The van der Waals surface area contributed by atoms with Crippen LogP contribution in [0.2, 0.25) is 0 Å². The fraction of sp³-hybridized carbons (Fsp3) is 0.500. The molecule has 2 heteroatoms. The molecular weight excluding hydrogens is 238 g/mol. The first kappa shape index (κ1) is 12.2. The van der Waals surface area contributed by atoms with Gasteiger partial charge < -0.3 is 5.32 Å². The lowest BCUT2D eigenvalue weighted by Crippen LogP contribution is -2.26. The molecule has 1 N–H and O–H groups in total. The highest BCUT2D eigenvalue weighted by Gasteiger charge is 2.32. The monoisotopic (exact) mass is 259 g/mol. The summed E-state index contributed by atoms with van der Waals surface area (Å²) in [5, 5.41) is 7.38. The van der Waals surface area contributed by atoms with Gasteiger partial charge in [-0.3, -0.25) is 0 Å². The van der Waals surface area contributed by atoms with Crippen molar-refractivity contribution < 1.29 is 0 Å². The van der Waals surface area contributed by atoms with E-state index in [0.29, 0.717) is 6.04 Å². The number of benzene rings is 1. The Balaban J connectivity index is 2.00. The molecule has 18 heavy (non-hydrogen) atoms. The van der Waals surface area contributed by atoms with E-state index in [9.17, 15) is 0 Å². The quantitative estimate of drug-likeness (QED) is 0.849. The Morgan fingerprint density at radius 3 is 2.83 bits per heavy atom. The lowest BCUT2D eigenvalue weighted by molar-refractivity contribution is 0.317. The molecule has 96 valence electrons. The van der Waals surface area contributed by atoms with Crippen LogP contribution in [-0.2, 0) is 0 Å². The maximum Gasteiger partial charge on any atom is 0.0363 e. The number of fused-ring (bicyclic) bond motifs is 1. The minimum absolute atomic E-state index is 0.527. The Labute approximate surface area is 113 Å². The summed E-state index contributed by atoms with van der Waals surface area (Å²) in [7, 11) is 2.11. The molecule has 0 bridgehead atoms. The zero-order valence-corrected chi connectivity index (χ0v) is 12.0. The highest BCUT2D eigenvalue weighted by molar-refractivity contribution is 7.17. The van der Waals surface area contributed by atoms with Crippen molar-refractivity contribution in [2.75, 3.05) is 7.05 Å². The Bertz CT molecular complexity index is 531. The van der Waals surface area contributed by atoms with Crippen molar-refractivity contribution in [3.05, 3.63) is 35.2 Å². The van der Waals surface area contributed by atoms with Gasteiger partial charge in [-0.25, -0.2) is 0 Å². The predicted molar refractivity (Wildman–Crippen MR) is 80.1 cm³/mol. The molecule has 0 amide bonds. The average Bonchev–Trinajstić information content (AvgIpc) is 2.99. The van der Waals surface area contributed by atoms with Crippen LogP contribution in [0.5, 0.6) is 0 Å². The maximum absolute atomic E-state index is 3.58. The van der Waals surface area contributed by atoms with E-state index in [1.807, 2.05) is 11.3 Å². The lowest BCUT2D eigenvalue weighted by atomic mass is 9.86. The second-order valence-electron chi connectivity index (χ2n) is 5.53. The van der Waals surface area contributed by atoms with Gasteiger partial charge in [0, 0.05) is 10.7 Å². The molecule has 1 aliphatic rings. The third-order valence-electron chi connectivity index (χ3n) is 4.51. The average molecular weight is 259 g/mol. The molecule has 0 aliphatic heterocycles. The summed E-state index contributed by atoms with van der Waals surface area (Å²) >= 11 is 1.88. The molecule has 0 saturated heterocycles. The number of hydrogen-bond donors (Lipinski definition) is 1.